The van der Waals surface area contributed by atoms with Gasteiger partial charge in [-0.3, -0.25) is 4.79 Å². The van der Waals surface area contributed by atoms with Gasteiger partial charge in [0.15, 0.2) is 0 Å². The maximum atomic E-state index is 10.5. The molecule has 0 heterocycles. The molecule has 0 radical (unpaired) electrons. The summed E-state index contributed by atoms with van der Waals surface area (Å²) in [6.45, 7) is 1.81. The van der Waals surface area contributed by atoms with Gasteiger partial charge in [-0.2, -0.15) is 0 Å². The third-order valence-corrected chi connectivity index (χ3v) is 2.59. The number of hydrogen-bond acceptors (Lipinski definition) is 1. The van der Waals surface area contributed by atoms with E-state index < -0.39 is 5.97 Å². The minimum absolute atomic E-state index is 0.140. The Balaban J connectivity index is 3.17. The summed E-state index contributed by atoms with van der Waals surface area (Å²) in [5.41, 5.74) is 1.32. The number of benzene rings is 1. The van der Waals surface area contributed by atoms with Crippen molar-refractivity contribution in [1.82, 2.24) is 0 Å². The molecule has 2 nitrogen and oxygen atoms in total. The first-order chi connectivity index (χ1) is 6.02. The highest BCUT2D eigenvalue weighted by molar-refractivity contribution is 6.36. The van der Waals surface area contributed by atoms with Crippen LogP contribution in [0.15, 0.2) is 12.1 Å². The lowest BCUT2D eigenvalue weighted by Gasteiger charge is -2.06. The summed E-state index contributed by atoms with van der Waals surface area (Å²) in [6.07, 6.45) is -0.140. The molecule has 0 aromatic heterocycles. The van der Waals surface area contributed by atoms with Crippen LogP contribution in [-0.4, -0.2) is 11.1 Å². The largest absolute Gasteiger partial charge is 0.481 e. The summed E-state index contributed by atoms with van der Waals surface area (Å²) in [5.74, 6) is -0.936. The molecule has 4 heteroatoms. The number of rotatable bonds is 2. The van der Waals surface area contributed by atoms with Gasteiger partial charge in [-0.15, -0.1) is 0 Å². The minimum atomic E-state index is -0.936. The number of hydrogen-bond donors (Lipinski definition) is 1. The van der Waals surface area contributed by atoms with E-state index in [1.54, 1.807) is 12.1 Å². The zero-order chi connectivity index (χ0) is 10.0. The van der Waals surface area contributed by atoms with Crippen LogP contribution in [-0.2, 0) is 11.2 Å². The Morgan fingerprint density at radius 3 is 2.62 bits per heavy atom. The van der Waals surface area contributed by atoms with Crippen molar-refractivity contribution < 1.29 is 9.90 Å². The zero-order valence-electron chi connectivity index (χ0n) is 6.97. The van der Waals surface area contributed by atoms with E-state index in [2.05, 4.69) is 0 Å². The van der Waals surface area contributed by atoms with Gasteiger partial charge in [0.1, 0.15) is 0 Å². The fourth-order valence-electron chi connectivity index (χ4n) is 1.03. The second-order valence-corrected chi connectivity index (χ2v) is 3.51. The Hall–Kier alpha value is -0.730. The van der Waals surface area contributed by atoms with Gasteiger partial charge in [-0.25, -0.2) is 0 Å². The van der Waals surface area contributed by atoms with Gasteiger partial charge in [0.05, 0.1) is 6.42 Å². The van der Waals surface area contributed by atoms with Crippen molar-refractivity contribution in [2.45, 2.75) is 13.3 Å². The highest BCUT2D eigenvalue weighted by Crippen LogP contribution is 2.27. The molecule has 1 rings (SSSR count). The Labute approximate surface area is 86.1 Å². The summed E-state index contributed by atoms with van der Waals surface area (Å²) in [6, 6.07) is 3.41. The van der Waals surface area contributed by atoms with Crippen LogP contribution in [0.25, 0.3) is 0 Å². The van der Waals surface area contributed by atoms with E-state index in [0.717, 1.165) is 5.56 Å². The molecule has 13 heavy (non-hydrogen) atoms. The fraction of sp³-hybridized carbons (Fsp3) is 0.222. The van der Waals surface area contributed by atoms with Crippen molar-refractivity contribution in [3.8, 4) is 0 Å². The summed E-state index contributed by atoms with van der Waals surface area (Å²) < 4.78 is 0. The second kappa shape index (κ2) is 3.99. The standard InChI is InChI=1S/C9H8Cl2O2/c1-5-2-3-7(10)6(9(5)11)4-8(12)13/h2-3H,4H2,1H3,(H,12,13). The molecule has 0 aliphatic heterocycles. The summed E-state index contributed by atoms with van der Waals surface area (Å²) in [4.78, 5) is 10.5. The molecule has 0 saturated heterocycles. The average molecular weight is 219 g/mol. The molecule has 0 amide bonds. The van der Waals surface area contributed by atoms with Crippen LogP contribution in [0.3, 0.4) is 0 Å². The van der Waals surface area contributed by atoms with E-state index in [0.29, 0.717) is 15.6 Å². The number of aryl methyl sites for hydroxylation is 1. The average Bonchev–Trinajstić information content (AvgIpc) is 2.05. The Morgan fingerprint density at radius 2 is 2.08 bits per heavy atom. The number of carbonyl (C=O) groups is 1. The van der Waals surface area contributed by atoms with Gasteiger partial charge in [-0.1, -0.05) is 29.3 Å². The molecular weight excluding hydrogens is 211 g/mol. The zero-order valence-corrected chi connectivity index (χ0v) is 8.49. The third kappa shape index (κ3) is 2.36. The second-order valence-electron chi connectivity index (χ2n) is 2.73. The molecule has 0 fully saturated rings. The Kier molecular flexibility index (Phi) is 3.17. The van der Waals surface area contributed by atoms with Crippen LogP contribution in [0.4, 0.5) is 0 Å². The van der Waals surface area contributed by atoms with Gasteiger partial charge < -0.3 is 5.11 Å². The van der Waals surface area contributed by atoms with Crippen molar-refractivity contribution in [2.24, 2.45) is 0 Å². The Bertz CT molecular complexity index is 348. The van der Waals surface area contributed by atoms with Gasteiger partial charge in [-0.05, 0) is 18.6 Å². The number of halogens is 2. The van der Waals surface area contributed by atoms with E-state index in [1.165, 1.54) is 0 Å². The molecule has 0 aliphatic rings. The molecule has 0 aliphatic carbocycles. The van der Waals surface area contributed by atoms with Crippen molar-refractivity contribution in [3.05, 3.63) is 33.3 Å². The minimum Gasteiger partial charge on any atom is -0.481 e. The lowest BCUT2D eigenvalue weighted by Crippen LogP contribution is -2.02. The first-order valence-electron chi connectivity index (χ1n) is 3.67. The van der Waals surface area contributed by atoms with Gasteiger partial charge in [0.2, 0.25) is 0 Å². The quantitative estimate of drug-likeness (QED) is 0.830. The van der Waals surface area contributed by atoms with Crippen molar-refractivity contribution in [1.29, 1.82) is 0 Å². The lowest BCUT2D eigenvalue weighted by molar-refractivity contribution is -0.136. The summed E-state index contributed by atoms with van der Waals surface area (Å²) in [5, 5.41) is 9.43. The van der Waals surface area contributed by atoms with E-state index >= 15 is 0 Å². The van der Waals surface area contributed by atoms with Crippen LogP contribution in [0, 0.1) is 6.92 Å². The predicted molar refractivity (Wildman–Crippen MR) is 52.5 cm³/mol. The molecule has 0 saturated carbocycles. The van der Waals surface area contributed by atoms with Crippen LogP contribution in [0.2, 0.25) is 10.0 Å². The Morgan fingerprint density at radius 1 is 1.46 bits per heavy atom. The van der Waals surface area contributed by atoms with Crippen LogP contribution in [0.5, 0.6) is 0 Å². The highest BCUT2D eigenvalue weighted by Gasteiger charge is 2.11. The molecule has 0 atom stereocenters. The molecule has 70 valence electrons. The number of carboxylic acids is 1. The first kappa shape index (κ1) is 10.4. The SMILES string of the molecule is Cc1ccc(Cl)c(CC(=O)O)c1Cl. The predicted octanol–water partition coefficient (Wildman–Crippen LogP) is 2.93. The van der Waals surface area contributed by atoms with Crippen LogP contribution in [0.1, 0.15) is 11.1 Å². The van der Waals surface area contributed by atoms with Gasteiger partial charge in [0.25, 0.3) is 0 Å². The van der Waals surface area contributed by atoms with E-state index in [-0.39, 0.29) is 6.42 Å². The number of carboxylic acid groups (broad SMARTS) is 1. The van der Waals surface area contributed by atoms with Crippen LogP contribution < -0.4 is 0 Å². The van der Waals surface area contributed by atoms with Crippen molar-refractivity contribution in [2.75, 3.05) is 0 Å². The summed E-state index contributed by atoms with van der Waals surface area (Å²) in [7, 11) is 0. The van der Waals surface area contributed by atoms with Gasteiger partial charge >= 0.3 is 5.97 Å². The molecular formula is C9H8Cl2O2. The number of aliphatic carboxylic acids is 1. The maximum Gasteiger partial charge on any atom is 0.307 e. The molecule has 0 unspecified atom stereocenters. The smallest absolute Gasteiger partial charge is 0.307 e. The summed E-state index contributed by atoms with van der Waals surface area (Å²) >= 11 is 11.7. The van der Waals surface area contributed by atoms with Crippen molar-refractivity contribution >= 4 is 29.2 Å². The van der Waals surface area contributed by atoms with E-state index in [1.807, 2.05) is 6.92 Å². The van der Waals surface area contributed by atoms with E-state index in [9.17, 15) is 4.79 Å². The molecule has 0 spiro atoms. The topological polar surface area (TPSA) is 37.3 Å². The first-order valence-corrected chi connectivity index (χ1v) is 4.43. The molecule has 1 N–H and O–H groups in total. The molecule has 0 bridgehead atoms. The van der Waals surface area contributed by atoms with Crippen molar-refractivity contribution in [3.63, 3.8) is 0 Å². The van der Waals surface area contributed by atoms with Crippen LogP contribution >= 0.6 is 23.2 Å². The van der Waals surface area contributed by atoms with Gasteiger partial charge in [0, 0.05) is 15.6 Å². The molecule has 1 aromatic carbocycles. The lowest BCUT2D eigenvalue weighted by atomic mass is 10.1. The third-order valence-electron chi connectivity index (χ3n) is 1.71. The fourth-order valence-corrected chi connectivity index (χ4v) is 1.53. The highest BCUT2D eigenvalue weighted by atomic mass is 35.5. The monoisotopic (exact) mass is 218 g/mol. The normalized spacial score (nSPS) is 10.1. The maximum absolute atomic E-state index is 10.5. The van der Waals surface area contributed by atoms with E-state index in [4.69, 9.17) is 28.3 Å². The molecule has 1 aromatic rings.